The Hall–Kier alpha value is -1.36. The Morgan fingerprint density at radius 2 is 1.87 bits per heavy atom. The van der Waals surface area contributed by atoms with Crippen LogP contribution in [0.25, 0.3) is 0 Å². The topological polar surface area (TPSA) is 29.1 Å². The highest BCUT2D eigenvalue weighted by Crippen LogP contribution is 2.26. The molecule has 1 aliphatic rings. The van der Waals surface area contributed by atoms with E-state index < -0.39 is 0 Å². The molecule has 1 amide bonds. The molecule has 0 radical (unpaired) electrons. The molecule has 0 aliphatic heterocycles. The second-order valence-electron chi connectivity index (χ2n) is 6.15. The molecule has 0 bridgehead atoms. The summed E-state index contributed by atoms with van der Waals surface area (Å²) in [6.45, 7) is 2.13. The maximum atomic E-state index is 12.6. The van der Waals surface area contributed by atoms with Crippen molar-refractivity contribution in [3.05, 3.63) is 68.3 Å². The predicted octanol–water partition coefficient (Wildman–Crippen LogP) is 5.05. The first-order valence-corrected chi connectivity index (χ1v) is 9.44. The third-order valence-electron chi connectivity index (χ3n) is 4.61. The van der Waals surface area contributed by atoms with Gasteiger partial charge in [-0.2, -0.15) is 0 Å². The number of nitrogens with one attached hydrogen (secondary N) is 1. The van der Waals surface area contributed by atoms with Crippen molar-refractivity contribution < 1.29 is 4.79 Å². The van der Waals surface area contributed by atoms with E-state index in [0.717, 1.165) is 15.6 Å². The molecule has 1 aliphatic carbocycles. The van der Waals surface area contributed by atoms with Gasteiger partial charge < -0.3 is 5.32 Å². The average Bonchev–Trinajstić information content (AvgIpc) is 2.59. The number of carbonyl (C=O) groups excluding carboxylic acids is 1. The van der Waals surface area contributed by atoms with Crippen molar-refractivity contribution in [2.75, 3.05) is 0 Å². The lowest BCUT2D eigenvalue weighted by Crippen LogP contribution is -2.29. The van der Waals surface area contributed by atoms with Crippen molar-refractivity contribution in [2.45, 2.75) is 45.1 Å². The number of halogens is 1. The Balaban J connectivity index is 1.80. The number of fused-ring (bicyclic) bond motifs is 1. The summed E-state index contributed by atoms with van der Waals surface area (Å²) in [4.78, 5) is 12.6. The summed E-state index contributed by atoms with van der Waals surface area (Å²) in [5.41, 5.74) is 4.94. The molecule has 3 rings (SSSR count). The van der Waals surface area contributed by atoms with Gasteiger partial charge in [0.05, 0.1) is 11.6 Å². The first kappa shape index (κ1) is 16.5. The molecule has 0 spiro atoms. The van der Waals surface area contributed by atoms with Gasteiger partial charge in [0, 0.05) is 3.57 Å². The molecule has 0 saturated carbocycles. The third-order valence-corrected chi connectivity index (χ3v) is 5.55. The van der Waals surface area contributed by atoms with Crippen molar-refractivity contribution in [3.63, 3.8) is 0 Å². The number of aryl methyl sites for hydroxylation is 2. The van der Waals surface area contributed by atoms with E-state index in [0.29, 0.717) is 0 Å². The number of carbonyl (C=O) groups is 1. The van der Waals surface area contributed by atoms with Crippen LogP contribution in [0.5, 0.6) is 0 Å². The second-order valence-corrected chi connectivity index (χ2v) is 7.31. The van der Waals surface area contributed by atoms with Crippen LogP contribution in [0, 0.1) is 3.57 Å². The fourth-order valence-electron chi connectivity index (χ4n) is 3.27. The predicted molar refractivity (Wildman–Crippen MR) is 103 cm³/mol. The Kier molecular flexibility index (Phi) is 5.36. The van der Waals surface area contributed by atoms with Crippen LogP contribution >= 0.6 is 22.6 Å². The standard InChI is InChI=1S/C20H22INO/c1-2-19(22-20(23)17-9-5-6-10-18(17)21)16-12-11-14-7-3-4-8-15(14)13-16/h5-6,9-13,19H,2-4,7-8H2,1H3,(H,22,23)/t19-/m1/s1. The summed E-state index contributed by atoms with van der Waals surface area (Å²) in [5.74, 6) is 0.0135. The zero-order valence-corrected chi connectivity index (χ0v) is 15.6. The normalized spacial score (nSPS) is 14.9. The van der Waals surface area contributed by atoms with Crippen LogP contribution in [0.15, 0.2) is 42.5 Å². The number of rotatable bonds is 4. The molecule has 0 fully saturated rings. The molecule has 2 nitrogen and oxygen atoms in total. The van der Waals surface area contributed by atoms with E-state index in [4.69, 9.17) is 0 Å². The average molecular weight is 419 g/mol. The summed E-state index contributed by atoms with van der Waals surface area (Å²) in [5, 5.41) is 3.20. The van der Waals surface area contributed by atoms with E-state index in [2.05, 4.69) is 53.0 Å². The minimum atomic E-state index is 0.0135. The molecule has 23 heavy (non-hydrogen) atoms. The van der Waals surface area contributed by atoms with Crippen LogP contribution in [-0.4, -0.2) is 5.91 Å². The van der Waals surface area contributed by atoms with Gasteiger partial charge >= 0.3 is 0 Å². The summed E-state index contributed by atoms with van der Waals surface area (Å²) < 4.78 is 0.989. The lowest BCUT2D eigenvalue weighted by Gasteiger charge is -2.22. The van der Waals surface area contributed by atoms with E-state index in [1.807, 2.05) is 24.3 Å². The first-order chi connectivity index (χ1) is 11.2. The van der Waals surface area contributed by atoms with Gasteiger partial charge in [-0.3, -0.25) is 4.79 Å². The first-order valence-electron chi connectivity index (χ1n) is 8.36. The smallest absolute Gasteiger partial charge is 0.252 e. The monoisotopic (exact) mass is 419 g/mol. The van der Waals surface area contributed by atoms with Crippen LogP contribution in [0.1, 0.15) is 59.3 Å². The lowest BCUT2D eigenvalue weighted by molar-refractivity contribution is 0.0934. The van der Waals surface area contributed by atoms with Crippen LogP contribution in [0.2, 0.25) is 0 Å². The van der Waals surface area contributed by atoms with E-state index in [1.165, 1.54) is 42.4 Å². The number of amides is 1. The SMILES string of the molecule is CC[C@@H](NC(=O)c1ccccc1I)c1ccc2c(c1)CCCC2. The summed E-state index contributed by atoms with van der Waals surface area (Å²) in [6.07, 6.45) is 5.84. The highest BCUT2D eigenvalue weighted by Gasteiger charge is 2.18. The van der Waals surface area contributed by atoms with Crippen LogP contribution in [0.3, 0.4) is 0 Å². The fourth-order valence-corrected chi connectivity index (χ4v) is 3.90. The second kappa shape index (κ2) is 7.47. The molecule has 0 aromatic heterocycles. The van der Waals surface area contributed by atoms with E-state index >= 15 is 0 Å². The van der Waals surface area contributed by atoms with Gasteiger partial charge in [0.2, 0.25) is 0 Å². The molecule has 2 aromatic rings. The van der Waals surface area contributed by atoms with Gasteiger partial charge in [0.15, 0.2) is 0 Å². The summed E-state index contributed by atoms with van der Waals surface area (Å²) >= 11 is 2.22. The molecule has 1 atom stereocenters. The molecular weight excluding hydrogens is 397 g/mol. The quantitative estimate of drug-likeness (QED) is 0.691. The van der Waals surface area contributed by atoms with Gasteiger partial charge in [-0.05, 0) is 83.5 Å². The van der Waals surface area contributed by atoms with Gasteiger partial charge in [-0.15, -0.1) is 0 Å². The van der Waals surface area contributed by atoms with Gasteiger partial charge in [-0.25, -0.2) is 0 Å². The molecule has 2 aromatic carbocycles. The Bertz CT molecular complexity index is 711. The maximum Gasteiger partial charge on any atom is 0.252 e. The van der Waals surface area contributed by atoms with Crippen LogP contribution in [0.4, 0.5) is 0 Å². The van der Waals surface area contributed by atoms with E-state index in [1.54, 1.807) is 0 Å². The van der Waals surface area contributed by atoms with Crippen LogP contribution in [-0.2, 0) is 12.8 Å². The third kappa shape index (κ3) is 3.77. The molecule has 120 valence electrons. The number of hydrogen-bond donors (Lipinski definition) is 1. The van der Waals surface area contributed by atoms with Crippen molar-refractivity contribution in [1.82, 2.24) is 5.32 Å². The fraction of sp³-hybridized carbons (Fsp3) is 0.350. The largest absolute Gasteiger partial charge is 0.345 e. The van der Waals surface area contributed by atoms with Crippen molar-refractivity contribution >= 4 is 28.5 Å². The molecule has 0 heterocycles. The molecule has 3 heteroatoms. The highest BCUT2D eigenvalue weighted by atomic mass is 127. The van der Waals surface area contributed by atoms with Crippen molar-refractivity contribution in [2.24, 2.45) is 0 Å². The lowest BCUT2D eigenvalue weighted by atomic mass is 9.88. The van der Waals surface area contributed by atoms with Crippen molar-refractivity contribution in [1.29, 1.82) is 0 Å². The number of benzene rings is 2. The zero-order valence-electron chi connectivity index (χ0n) is 13.4. The van der Waals surface area contributed by atoms with Gasteiger partial charge in [-0.1, -0.05) is 37.3 Å². The van der Waals surface area contributed by atoms with E-state index in [-0.39, 0.29) is 11.9 Å². The minimum Gasteiger partial charge on any atom is -0.345 e. The Morgan fingerprint density at radius 1 is 1.13 bits per heavy atom. The summed E-state index contributed by atoms with van der Waals surface area (Å²) in [6, 6.07) is 14.5. The molecule has 1 N–H and O–H groups in total. The highest BCUT2D eigenvalue weighted by molar-refractivity contribution is 14.1. The Labute approximate surface area is 151 Å². The van der Waals surface area contributed by atoms with E-state index in [9.17, 15) is 4.79 Å². The summed E-state index contributed by atoms with van der Waals surface area (Å²) in [7, 11) is 0. The molecule has 0 unspecified atom stereocenters. The zero-order chi connectivity index (χ0) is 16.2. The molecular formula is C20H22INO. The van der Waals surface area contributed by atoms with Gasteiger partial charge in [0.25, 0.3) is 5.91 Å². The van der Waals surface area contributed by atoms with Crippen molar-refractivity contribution in [3.8, 4) is 0 Å². The molecule has 0 saturated heterocycles. The number of hydrogen-bond acceptors (Lipinski definition) is 1. The van der Waals surface area contributed by atoms with Gasteiger partial charge in [0.1, 0.15) is 0 Å². The maximum absolute atomic E-state index is 12.6. The van der Waals surface area contributed by atoms with Crippen LogP contribution < -0.4 is 5.32 Å². The Morgan fingerprint density at radius 3 is 2.61 bits per heavy atom. The minimum absolute atomic E-state index is 0.0135.